The number of anilines is 2. The number of rotatable bonds is 5. The van der Waals surface area contributed by atoms with Gasteiger partial charge in [-0.25, -0.2) is 4.98 Å². The van der Waals surface area contributed by atoms with Gasteiger partial charge in [-0.15, -0.1) is 0 Å². The highest BCUT2D eigenvalue weighted by Gasteiger charge is 2.33. The van der Waals surface area contributed by atoms with Gasteiger partial charge in [-0.05, 0) is 17.7 Å². The Hall–Kier alpha value is -4.66. The van der Waals surface area contributed by atoms with E-state index in [1.165, 1.54) is 0 Å². The molecule has 2 aliphatic rings. The summed E-state index contributed by atoms with van der Waals surface area (Å²) in [5.74, 6) is 3.14. The molecule has 3 heterocycles. The molecule has 1 amide bonds. The zero-order valence-corrected chi connectivity index (χ0v) is 21.9. The molecule has 6 rings (SSSR count). The number of para-hydroxylation sites is 2. The zero-order valence-electron chi connectivity index (χ0n) is 21.9. The molecule has 0 bridgehead atoms. The van der Waals surface area contributed by atoms with E-state index in [9.17, 15) is 4.79 Å². The quantitative estimate of drug-likeness (QED) is 0.417. The second-order valence-electron chi connectivity index (χ2n) is 9.49. The van der Waals surface area contributed by atoms with Gasteiger partial charge in [-0.2, -0.15) is 0 Å². The Bertz CT molecular complexity index is 1520. The smallest absolute Gasteiger partial charge is 0.267 e. The number of hydrogen-bond donors (Lipinski definition) is 1. The molecule has 39 heavy (non-hydrogen) atoms. The number of methoxy groups -OCH3 is 2. The predicted molar refractivity (Wildman–Crippen MR) is 150 cm³/mol. The zero-order chi connectivity index (χ0) is 26.9. The maximum atomic E-state index is 13.2. The summed E-state index contributed by atoms with van der Waals surface area (Å²) < 4.78 is 23.1. The fourth-order valence-electron chi connectivity index (χ4n) is 5.27. The monoisotopic (exact) mass is 526 g/mol. The van der Waals surface area contributed by atoms with Crippen molar-refractivity contribution in [1.82, 2.24) is 9.88 Å². The van der Waals surface area contributed by atoms with Crippen LogP contribution in [0.2, 0.25) is 0 Å². The average Bonchev–Trinajstić information content (AvgIpc) is 2.99. The van der Waals surface area contributed by atoms with E-state index in [-0.39, 0.29) is 12.5 Å². The van der Waals surface area contributed by atoms with Crippen molar-refractivity contribution in [3.8, 4) is 34.1 Å². The number of pyridine rings is 1. The highest BCUT2D eigenvalue weighted by atomic mass is 16.6. The molecule has 0 saturated carbocycles. The lowest BCUT2D eigenvalue weighted by Gasteiger charge is -2.37. The molecule has 9 heteroatoms. The second kappa shape index (κ2) is 10.2. The first kappa shape index (κ1) is 24.7. The third-order valence-electron chi connectivity index (χ3n) is 7.22. The first-order chi connectivity index (χ1) is 19.1. The third kappa shape index (κ3) is 4.50. The van der Waals surface area contributed by atoms with Gasteiger partial charge in [0.1, 0.15) is 12.4 Å². The topological polar surface area (TPSA) is 99.4 Å². The lowest BCUT2D eigenvalue weighted by Crippen LogP contribution is -2.54. The molecule has 1 unspecified atom stereocenters. The van der Waals surface area contributed by atoms with E-state index in [4.69, 9.17) is 29.7 Å². The SMILES string of the molecule is COc1cc2nc(N3CCN(C(=O)C4COc5ccccc5O4)CC3)cc(N)c2c(-c2ccccc2)c1OC. The number of aromatic nitrogens is 1. The van der Waals surface area contributed by atoms with Gasteiger partial charge >= 0.3 is 0 Å². The van der Waals surface area contributed by atoms with Crippen molar-refractivity contribution in [2.75, 3.05) is 57.6 Å². The van der Waals surface area contributed by atoms with Gasteiger partial charge in [0, 0.05) is 54.9 Å². The highest BCUT2D eigenvalue weighted by Crippen LogP contribution is 2.46. The van der Waals surface area contributed by atoms with Crippen LogP contribution in [0.3, 0.4) is 0 Å². The molecule has 3 aromatic carbocycles. The summed E-state index contributed by atoms with van der Waals surface area (Å²) in [4.78, 5) is 22.1. The van der Waals surface area contributed by atoms with Crippen molar-refractivity contribution in [2.45, 2.75) is 6.10 Å². The molecule has 1 saturated heterocycles. The van der Waals surface area contributed by atoms with Crippen LogP contribution in [0.15, 0.2) is 66.7 Å². The van der Waals surface area contributed by atoms with Crippen molar-refractivity contribution in [3.05, 3.63) is 66.7 Å². The van der Waals surface area contributed by atoms with Crippen molar-refractivity contribution < 1.29 is 23.7 Å². The molecule has 2 aliphatic heterocycles. The number of benzene rings is 3. The molecule has 0 radical (unpaired) electrons. The molecular weight excluding hydrogens is 496 g/mol. The minimum Gasteiger partial charge on any atom is -0.493 e. The number of hydrogen-bond acceptors (Lipinski definition) is 8. The molecule has 4 aromatic rings. The normalized spacial score (nSPS) is 16.7. The Kier molecular flexibility index (Phi) is 6.48. The number of fused-ring (bicyclic) bond motifs is 2. The van der Waals surface area contributed by atoms with E-state index >= 15 is 0 Å². The first-order valence-corrected chi connectivity index (χ1v) is 12.9. The van der Waals surface area contributed by atoms with E-state index in [0.29, 0.717) is 60.4 Å². The summed E-state index contributed by atoms with van der Waals surface area (Å²) in [5.41, 5.74) is 9.79. The number of amides is 1. The van der Waals surface area contributed by atoms with Gasteiger partial charge in [0.25, 0.3) is 5.91 Å². The molecule has 0 aliphatic carbocycles. The van der Waals surface area contributed by atoms with Crippen molar-refractivity contribution in [3.63, 3.8) is 0 Å². The summed E-state index contributed by atoms with van der Waals surface area (Å²) in [6.45, 7) is 2.52. The van der Waals surface area contributed by atoms with E-state index in [1.807, 2.05) is 71.6 Å². The van der Waals surface area contributed by atoms with Crippen LogP contribution in [0.4, 0.5) is 11.5 Å². The fourth-order valence-corrected chi connectivity index (χ4v) is 5.27. The van der Waals surface area contributed by atoms with Crippen LogP contribution in [-0.4, -0.2) is 68.9 Å². The van der Waals surface area contributed by atoms with E-state index in [2.05, 4.69) is 4.90 Å². The van der Waals surface area contributed by atoms with Gasteiger partial charge < -0.3 is 34.5 Å². The summed E-state index contributed by atoms with van der Waals surface area (Å²) in [5, 5.41) is 0.811. The molecule has 9 nitrogen and oxygen atoms in total. The molecule has 0 spiro atoms. The maximum absolute atomic E-state index is 13.2. The van der Waals surface area contributed by atoms with Gasteiger partial charge in [-0.1, -0.05) is 42.5 Å². The summed E-state index contributed by atoms with van der Waals surface area (Å²) >= 11 is 0. The van der Waals surface area contributed by atoms with Gasteiger partial charge in [0.05, 0.1) is 19.7 Å². The van der Waals surface area contributed by atoms with Crippen LogP contribution >= 0.6 is 0 Å². The molecule has 2 N–H and O–H groups in total. The predicted octanol–water partition coefficient (Wildman–Crippen LogP) is 3.99. The summed E-state index contributed by atoms with van der Waals surface area (Å²) in [6, 6.07) is 21.1. The van der Waals surface area contributed by atoms with Crippen LogP contribution in [0.1, 0.15) is 0 Å². The summed E-state index contributed by atoms with van der Waals surface area (Å²) in [6.07, 6.45) is -0.653. The number of carbonyl (C=O) groups excluding carboxylic acids is 1. The van der Waals surface area contributed by atoms with E-state index < -0.39 is 6.10 Å². The lowest BCUT2D eigenvalue weighted by molar-refractivity contribution is -0.141. The van der Waals surface area contributed by atoms with Crippen molar-refractivity contribution in [1.29, 1.82) is 0 Å². The molecule has 1 atom stereocenters. The molecule has 1 fully saturated rings. The Morgan fingerprint density at radius 3 is 2.38 bits per heavy atom. The Balaban J connectivity index is 1.24. The van der Waals surface area contributed by atoms with Gasteiger partial charge in [0.2, 0.25) is 6.10 Å². The van der Waals surface area contributed by atoms with E-state index in [1.54, 1.807) is 14.2 Å². The third-order valence-corrected chi connectivity index (χ3v) is 7.22. The van der Waals surface area contributed by atoms with Crippen LogP contribution in [0.5, 0.6) is 23.0 Å². The lowest BCUT2D eigenvalue weighted by atomic mass is 9.97. The number of nitrogens with zero attached hydrogens (tertiary/aromatic N) is 3. The molecule has 200 valence electrons. The number of ether oxygens (including phenoxy) is 4. The number of nitrogen functional groups attached to an aromatic ring is 1. The van der Waals surface area contributed by atoms with Gasteiger partial charge in [0.15, 0.2) is 23.0 Å². The van der Waals surface area contributed by atoms with Crippen molar-refractivity contribution in [2.24, 2.45) is 0 Å². The van der Waals surface area contributed by atoms with Crippen molar-refractivity contribution >= 4 is 28.3 Å². The minimum atomic E-state index is -0.653. The largest absolute Gasteiger partial charge is 0.493 e. The van der Waals surface area contributed by atoms with Crippen LogP contribution in [0.25, 0.3) is 22.0 Å². The summed E-state index contributed by atoms with van der Waals surface area (Å²) in [7, 11) is 3.24. The van der Waals surface area contributed by atoms with Crippen LogP contribution in [0, 0.1) is 0 Å². The number of nitrogens with two attached hydrogens (primary N) is 1. The highest BCUT2D eigenvalue weighted by molar-refractivity contribution is 6.07. The van der Waals surface area contributed by atoms with Crippen LogP contribution in [-0.2, 0) is 4.79 Å². The Labute approximate surface area is 226 Å². The standard InChI is InChI=1S/C30H30N4O5/c1-36-24-17-21-28(27(29(24)37-2)19-8-4-3-5-9-19)20(31)16-26(32-21)33-12-14-34(15-13-33)30(35)25-18-38-22-10-6-7-11-23(22)39-25/h3-11,16-17,25H,12-15,18H2,1-2H3,(H2,31,32). The van der Waals surface area contributed by atoms with Crippen LogP contribution < -0.4 is 29.6 Å². The first-order valence-electron chi connectivity index (χ1n) is 12.9. The molecular formula is C30H30N4O5. The fraction of sp³-hybridized carbons (Fsp3) is 0.267. The second-order valence-corrected chi connectivity index (χ2v) is 9.49. The number of carbonyl (C=O) groups is 1. The Morgan fingerprint density at radius 1 is 0.949 bits per heavy atom. The Morgan fingerprint density at radius 2 is 1.67 bits per heavy atom. The minimum absolute atomic E-state index is 0.0699. The molecule has 1 aromatic heterocycles. The maximum Gasteiger partial charge on any atom is 0.267 e. The average molecular weight is 527 g/mol. The van der Waals surface area contributed by atoms with E-state index in [0.717, 1.165) is 22.3 Å². The number of piperazine rings is 1. The van der Waals surface area contributed by atoms with Gasteiger partial charge in [-0.3, -0.25) is 4.79 Å².